The van der Waals surface area contributed by atoms with Crippen molar-refractivity contribution in [2.75, 3.05) is 0 Å². The van der Waals surface area contributed by atoms with Gasteiger partial charge in [0, 0.05) is 6.04 Å². The molecule has 0 saturated heterocycles. The van der Waals surface area contributed by atoms with Crippen LogP contribution >= 0.6 is 0 Å². The van der Waals surface area contributed by atoms with Crippen LogP contribution < -0.4 is 5.32 Å². The van der Waals surface area contributed by atoms with E-state index >= 15 is 0 Å². The number of hydrogen-bond donors (Lipinski definition) is 1. The van der Waals surface area contributed by atoms with Gasteiger partial charge < -0.3 is 0 Å². The predicted octanol–water partition coefficient (Wildman–Crippen LogP) is 4.02. The molecular formula is C16H28N2. The molecule has 0 heterocycles. The Balaban J connectivity index is 2.17. The molecule has 2 nitrogen and oxygen atoms in total. The van der Waals surface area contributed by atoms with Gasteiger partial charge in [0.1, 0.15) is 5.54 Å². The summed E-state index contributed by atoms with van der Waals surface area (Å²) >= 11 is 0. The van der Waals surface area contributed by atoms with Crippen LogP contribution in [-0.4, -0.2) is 11.6 Å². The van der Waals surface area contributed by atoms with Crippen molar-refractivity contribution in [2.24, 2.45) is 10.8 Å². The minimum absolute atomic E-state index is 0.267. The van der Waals surface area contributed by atoms with Gasteiger partial charge in [-0.15, -0.1) is 0 Å². The van der Waals surface area contributed by atoms with Gasteiger partial charge >= 0.3 is 0 Å². The Hall–Kier alpha value is -0.550. The lowest BCUT2D eigenvalue weighted by atomic mass is 9.58. The van der Waals surface area contributed by atoms with E-state index < -0.39 is 0 Å². The first kappa shape index (κ1) is 13.9. The topological polar surface area (TPSA) is 35.8 Å². The van der Waals surface area contributed by atoms with Crippen LogP contribution in [0, 0.1) is 22.2 Å². The van der Waals surface area contributed by atoms with E-state index in [2.05, 4.69) is 39.1 Å². The molecule has 0 aromatic rings. The Kier molecular flexibility index (Phi) is 3.49. The van der Waals surface area contributed by atoms with E-state index in [1.165, 1.54) is 32.1 Å². The zero-order valence-electron chi connectivity index (χ0n) is 12.5. The zero-order chi connectivity index (χ0) is 13.4. The fourth-order valence-electron chi connectivity index (χ4n) is 4.79. The molecule has 0 spiro atoms. The molecule has 1 N–H and O–H groups in total. The van der Waals surface area contributed by atoms with Crippen molar-refractivity contribution >= 4 is 0 Å². The van der Waals surface area contributed by atoms with Gasteiger partial charge in [0.05, 0.1) is 6.07 Å². The third kappa shape index (κ3) is 3.06. The maximum absolute atomic E-state index is 9.75. The standard InChI is InChI=1S/C16H28N2/c1-14(2)9-15(3,4)11-16(10-14,12-17)18-13-7-5-6-8-13/h13,18H,5-11H2,1-4H3. The van der Waals surface area contributed by atoms with Crippen molar-refractivity contribution in [1.82, 2.24) is 5.32 Å². The second-order valence-electron chi connectivity index (χ2n) is 8.18. The highest BCUT2D eigenvalue weighted by atomic mass is 15.0. The van der Waals surface area contributed by atoms with Crippen LogP contribution in [-0.2, 0) is 0 Å². The lowest BCUT2D eigenvalue weighted by molar-refractivity contribution is 0.0498. The van der Waals surface area contributed by atoms with Crippen LogP contribution in [0.1, 0.15) is 72.6 Å². The quantitative estimate of drug-likeness (QED) is 0.801. The molecule has 0 aromatic carbocycles. The summed E-state index contributed by atoms with van der Waals surface area (Å²) in [6.45, 7) is 9.26. The lowest BCUT2D eigenvalue weighted by Gasteiger charge is -2.50. The predicted molar refractivity (Wildman–Crippen MR) is 75.1 cm³/mol. The number of nitrogens with zero attached hydrogens (tertiary/aromatic N) is 1. The fourth-order valence-corrected chi connectivity index (χ4v) is 4.79. The van der Waals surface area contributed by atoms with Crippen LogP contribution in [0.25, 0.3) is 0 Å². The highest BCUT2D eigenvalue weighted by molar-refractivity contribution is 5.15. The monoisotopic (exact) mass is 248 g/mol. The second kappa shape index (κ2) is 4.53. The SMILES string of the molecule is CC1(C)CC(C)(C)CC(C#N)(NC2CCCC2)C1. The third-order valence-corrected chi connectivity index (χ3v) is 4.57. The van der Waals surface area contributed by atoms with Crippen molar-refractivity contribution in [3.63, 3.8) is 0 Å². The first-order valence-corrected chi connectivity index (χ1v) is 7.45. The van der Waals surface area contributed by atoms with E-state index in [4.69, 9.17) is 0 Å². The first-order valence-electron chi connectivity index (χ1n) is 7.45. The maximum Gasteiger partial charge on any atom is 0.108 e. The Morgan fingerprint density at radius 1 is 0.944 bits per heavy atom. The summed E-state index contributed by atoms with van der Waals surface area (Å²) in [5.41, 5.74) is 0.242. The molecule has 0 amide bonds. The molecule has 2 aliphatic rings. The molecular weight excluding hydrogens is 220 g/mol. The van der Waals surface area contributed by atoms with Crippen LogP contribution in [0.5, 0.6) is 0 Å². The molecule has 2 aliphatic carbocycles. The molecule has 2 saturated carbocycles. The summed E-state index contributed by atoms with van der Waals surface area (Å²) in [5, 5.41) is 13.5. The number of rotatable bonds is 2. The number of nitrogens with one attached hydrogen (secondary N) is 1. The maximum atomic E-state index is 9.75. The summed E-state index contributed by atoms with van der Waals surface area (Å²) in [4.78, 5) is 0. The van der Waals surface area contributed by atoms with E-state index in [9.17, 15) is 5.26 Å². The molecule has 0 aromatic heterocycles. The fraction of sp³-hybridized carbons (Fsp3) is 0.938. The smallest absolute Gasteiger partial charge is 0.108 e. The second-order valence-corrected chi connectivity index (χ2v) is 8.18. The summed E-state index contributed by atoms with van der Waals surface area (Å²) in [7, 11) is 0. The van der Waals surface area contributed by atoms with Gasteiger partial charge in [-0.05, 0) is 42.9 Å². The number of hydrogen-bond acceptors (Lipinski definition) is 2. The Morgan fingerprint density at radius 3 is 1.89 bits per heavy atom. The third-order valence-electron chi connectivity index (χ3n) is 4.57. The van der Waals surface area contributed by atoms with Crippen LogP contribution in [0.15, 0.2) is 0 Å². The van der Waals surface area contributed by atoms with Gasteiger partial charge in [-0.1, -0.05) is 40.5 Å². The Labute approximate surface area is 112 Å². The summed E-state index contributed by atoms with van der Waals surface area (Å²) in [6.07, 6.45) is 8.37. The van der Waals surface area contributed by atoms with Gasteiger partial charge in [0.15, 0.2) is 0 Å². The van der Waals surface area contributed by atoms with Crippen molar-refractivity contribution in [3.8, 4) is 6.07 Å². The van der Waals surface area contributed by atoms with Gasteiger partial charge in [0.25, 0.3) is 0 Å². The van der Waals surface area contributed by atoms with E-state index in [-0.39, 0.29) is 16.4 Å². The Bertz CT molecular complexity index is 327. The molecule has 0 aliphatic heterocycles. The highest BCUT2D eigenvalue weighted by Gasteiger charge is 2.48. The van der Waals surface area contributed by atoms with Gasteiger partial charge in [-0.3, -0.25) is 5.32 Å². The normalized spacial score (nSPS) is 29.9. The molecule has 2 fully saturated rings. The van der Waals surface area contributed by atoms with Crippen molar-refractivity contribution in [2.45, 2.75) is 84.2 Å². The minimum Gasteiger partial charge on any atom is -0.297 e. The van der Waals surface area contributed by atoms with Crippen LogP contribution in [0.3, 0.4) is 0 Å². The first-order chi connectivity index (χ1) is 8.26. The molecule has 0 radical (unpaired) electrons. The molecule has 0 unspecified atom stereocenters. The lowest BCUT2D eigenvalue weighted by Crippen LogP contribution is -2.56. The minimum atomic E-state index is -0.291. The Morgan fingerprint density at radius 2 is 1.44 bits per heavy atom. The number of nitriles is 1. The summed E-state index contributed by atoms with van der Waals surface area (Å²) in [6, 6.07) is 3.22. The molecule has 102 valence electrons. The van der Waals surface area contributed by atoms with E-state index in [0.717, 1.165) is 12.8 Å². The highest BCUT2D eigenvalue weighted by Crippen LogP contribution is 2.50. The zero-order valence-corrected chi connectivity index (χ0v) is 12.5. The van der Waals surface area contributed by atoms with E-state index in [1.54, 1.807) is 0 Å². The van der Waals surface area contributed by atoms with Gasteiger partial charge in [-0.2, -0.15) is 5.26 Å². The molecule has 2 heteroatoms. The van der Waals surface area contributed by atoms with Crippen LogP contribution in [0.4, 0.5) is 0 Å². The van der Waals surface area contributed by atoms with E-state index in [1.807, 2.05) is 0 Å². The van der Waals surface area contributed by atoms with Crippen molar-refractivity contribution in [1.29, 1.82) is 5.26 Å². The average Bonchev–Trinajstić information content (AvgIpc) is 2.65. The summed E-state index contributed by atoms with van der Waals surface area (Å²) < 4.78 is 0. The molecule has 0 bridgehead atoms. The van der Waals surface area contributed by atoms with Crippen molar-refractivity contribution < 1.29 is 0 Å². The van der Waals surface area contributed by atoms with Crippen molar-refractivity contribution in [3.05, 3.63) is 0 Å². The van der Waals surface area contributed by atoms with Gasteiger partial charge in [0.2, 0.25) is 0 Å². The van der Waals surface area contributed by atoms with Gasteiger partial charge in [-0.25, -0.2) is 0 Å². The molecule has 18 heavy (non-hydrogen) atoms. The molecule has 0 atom stereocenters. The summed E-state index contributed by atoms with van der Waals surface area (Å²) in [5.74, 6) is 0. The van der Waals surface area contributed by atoms with Crippen LogP contribution in [0.2, 0.25) is 0 Å². The molecule has 2 rings (SSSR count). The average molecular weight is 248 g/mol. The van der Waals surface area contributed by atoms with E-state index in [0.29, 0.717) is 6.04 Å². The largest absolute Gasteiger partial charge is 0.297 e.